The van der Waals surface area contributed by atoms with Crippen LogP contribution >= 0.6 is 0 Å². The first kappa shape index (κ1) is 14.5. The van der Waals surface area contributed by atoms with Crippen molar-refractivity contribution >= 4 is 33.8 Å². The Kier molecular flexibility index (Phi) is 3.63. The van der Waals surface area contributed by atoms with Gasteiger partial charge in [0.2, 0.25) is 0 Å². The number of nitrogens with two attached hydrogens (primary N) is 2. The number of pyridine rings is 2. The van der Waals surface area contributed by atoms with Crippen LogP contribution < -0.4 is 11.5 Å². The number of nitrogen functional groups attached to an aromatic ring is 2. The molecule has 0 aliphatic heterocycles. The number of nitrogens with one attached hydrogen (secondary N) is 1. The number of halogens is 1. The lowest BCUT2D eigenvalue weighted by molar-refractivity contribution is 0.630. The van der Waals surface area contributed by atoms with E-state index in [9.17, 15) is 4.39 Å². The number of amidine groups is 1. The number of benzene rings is 1. The Morgan fingerprint density at radius 3 is 2.61 bits per heavy atom. The van der Waals surface area contributed by atoms with Gasteiger partial charge in [-0.25, -0.2) is 9.37 Å². The number of hydrogen-bond donors (Lipinski definition) is 3. The monoisotopic (exact) mass is 309 g/mol. The molecule has 0 atom stereocenters. The maximum atomic E-state index is 13.5. The summed E-state index contributed by atoms with van der Waals surface area (Å²) in [4.78, 5) is 8.01. The molecule has 0 bridgehead atoms. The number of azo groups is 1. The van der Waals surface area contributed by atoms with Crippen LogP contribution in [0.1, 0.15) is 5.69 Å². The number of hydrogen-bond acceptors (Lipinski definition) is 6. The molecule has 3 aromatic rings. The molecule has 0 saturated carbocycles. The van der Waals surface area contributed by atoms with Gasteiger partial charge in [0.1, 0.15) is 28.7 Å². The van der Waals surface area contributed by atoms with Gasteiger partial charge in [0.15, 0.2) is 5.82 Å². The molecule has 114 valence electrons. The fourth-order valence-corrected chi connectivity index (χ4v) is 2.00. The zero-order valence-electron chi connectivity index (χ0n) is 11.9. The SMILES string of the molecule is N=C(N)c1ccc(/N=N/c2c(N)ncc3ccc(F)cc23)cn1. The Bertz CT molecular complexity index is 914. The van der Waals surface area contributed by atoms with Crippen molar-refractivity contribution in [2.75, 3.05) is 5.73 Å². The summed E-state index contributed by atoms with van der Waals surface area (Å²) >= 11 is 0. The lowest BCUT2D eigenvalue weighted by Gasteiger charge is -2.04. The predicted molar refractivity (Wildman–Crippen MR) is 85.5 cm³/mol. The van der Waals surface area contributed by atoms with Crippen LogP contribution in [0.4, 0.5) is 21.6 Å². The molecule has 0 radical (unpaired) electrons. The third kappa shape index (κ3) is 2.95. The maximum absolute atomic E-state index is 13.5. The highest BCUT2D eigenvalue weighted by Crippen LogP contribution is 2.32. The summed E-state index contributed by atoms with van der Waals surface area (Å²) in [5.41, 5.74) is 12.2. The average molecular weight is 309 g/mol. The fraction of sp³-hybridized carbons (Fsp3) is 0. The van der Waals surface area contributed by atoms with Gasteiger partial charge < -0.3 is 11.5 Å². The summed E-state index contributed by atoms with van der Waals surface area (Å²) in [7, 11) is 0. The summed E-state index contributed by atoms with van der Waals surface area (Å²) in [6.45, 7) is 0. The van der Waals surface area contributed by atoms with Crippen molar-refractivity contribution in [3.8, 4) is 0 Å². The largest absolute Gasteiger partial charge is 0.382 e. The molecule has 0 unspecified atom stereocenters. The van der Waals surface area contributed by atoms with Crippen molar-refractivity contribution in [1.82, 2.24) is 9.97 Å². The second-order valence-corrected chi connectivity index (χ2v) is 4.74. The predicted octanol–water partition coefficient (Wildman–Crippen LogP) is 3.05. The highest BCUT2D eigenvalue weighted by molar-refractivity contribution is 5.96. The molecule has 3 rings (SSSR count). The zero-order valence-corrected chi connectivity index (χ0v) is 11.9. The first-order chi connectivity index (χ1) is 11.0. The van der Waals surface area contributed by atoms with Crippen molar-refractivity contribution < 1.29 is 4.39 Å². The number of fused-ring (bicyclic) bond motifs is 1. The van der Waals surface area contributed by atoms with E-state index in [4.69, 9.17) is 16.9 Å². The van der Waals surface area contributed by atoms with Gasteiger partial charge in [0.25, 0.3) is 0 Å². The van der Waals surface area contributed by atoms with E-state index in [1.165, 1.54) is 18.3 Å². The topological polar surface area (TPSA) is 126 Å². The molecule has 0 amide bonds. The zero-order chi connectivity index (χ0) is 16.4. The van der Waals surface area contributed by atoms with Gasteiger partial charge in [-0.05, 0) is 30.3 Å². The van der Waals surface area contributed by atoms with E-state index in [-0.39, 0.29) is 17.3 Å². The van der Waals surface area contributed by atoms with Gasteiger partial charge in [-0.3, -0.25) is 10.4 Å². The first-order valence-corrected chi connectivity index (χ1v) is 6.60. The standard InChI is InChI=1S/C15H12FN7/c16-9-2-1-8-6-21-15(19)13(11(8)5-9)23-22-10-3-4-12(14(17)18)20-7-10/h1-7H,(H3,17,18)(H2,19,21)/b23-22+. The normalized spacial score (nSPS) is 11.2. The van der Waals surface area contributed by atoms with Gasteiger partial charge in [-0.1, -0.05) is 0 Å². The van der Waals surface area contributed by atoms with Gasteiger partial charge in [0, 0.05) is 17.0 Å². The Morgan fingerprint density at radius 1 is 1.09 bits per heavy atom. The number of aromatic nitrogens is 2. The van der Waals surface area contributed by atoms with Crippen LogP contribution in [0.15, 0.2) is 53.0 Å². The number of anilines is 1. The quantitative estimate of drug-likeness (QED) is 0.390. The molecule has 0 aliphatic rings. The minimum atomic E-state index is -0.396. The van der Waals surface area contributed by atoms with Crippen molar-refractivity contribution in [1.29, 1.82) is 5.41 Å². The summed E-state index contributed by atoms with van der Waals surface area (Å²) < 4.78 is 13.5. The van der Waals surface area contributed by atoms with Crippen LogP contribution in [0.25, 0.3) is 10.8 Å². The molecule has 1 aromatic carbocycles. The van der Waals surface area contributed by atoms with Crippen LogP contribution in [0.3, 0.4) is 0 Å². The lowest BCUT2D eigenvalue weighted by Crippen LogP contribution is -2.12. The van der Waals surface area contributed by atoms with Crippen molar-refractivity contribution in [3.63, 3.8) is 0 Å². The molecule has 5 N–H and O–H groups in total. The summed E-state index contributed by atoms with van der Waals surface area (Å²) in [6, 6.07) is 7.44. The Morgan fingerprint density at radius 2 is 1.91 bits per heavy atom. The molecule has 0 aliphatic carbocycles. The molecule has 0 spiro atoms. The van der Waals surface area contributed by atoms with Crippen LogP contribution in [-0.4, -0.2) is 15.8 Å². The molecule has 7 nitrogen and oxygen atoms in total. The van der Waals surface area contributed by atoms with E-state index < -0.39 is 5.82 Å². The van der Waals surface area contributed by atoms with E-state index in [0.29, 0.717) is 22.2 Å². The third-order valence-corrected chi connectivity index (χ3v) is 3.15. The van der Waals surface area contributed by atoms with Crippen LogP contribution in [0.2, 0.25) is 0 Å². The van der Waals surface area contributed by atoms with Crippen LogP contribution in [-0.2, 0) is 0 Å². The average Bonchev–Trinajstić information content (AvgIpc) is 2.54. The van der Waals surface area contributed by atoms with Gasteiger partial charge in [-0.2, -0.15) is 0 Å². The molecule has 23 heavy (non-hydrogen) atoms. The van der Waals surface area contributed by atoms with E-state index in [0.717, 1.165) is 0 Å². The van der Waals surface area contributed by atoms with Crippen molar-refractivity contribution in [3.05, 3.63) is 54.2 Å². The first-order valence-electron chi connectivity index (χ1n) is 6.60. The van der Waals surface area contributed by atoms with Gasteiger partial charge in [0.05, 0.1) is 6.20 Å². The van der Waals surface area contributed by atoms with E-state index >= 15 is 0 Å². The fourth-order valence-electron chi connectivity index (χ4n) is 2.00. The second kappa shape index (κ2) is 5.76. The maximum Gasteiger partial charge on any atom is 0.151 e. The minimum Gasteiger partial charge on any atom is -0.382 e. The molecular weight excluding hydrogens is 297 g/mol. The summed E-state index contributed by atoms with van der Waals surface area (Å²) in [5.74, 6) is -0.376. The van der Waals surface area contributed by atoms with E-state index in [2.05, 4.69) is 20.2 Å². The molecule has 0 fully saturated rings. The van der Waals surface area contributed by atoms with Crippen molar-refractivity contribution in [2.24, 2.45) is 16.0 Å². The molecular formula is C15H12FN7. The highest BCUT2D eigenvalue weighted by atomic mass is 19.1. The lowest BCUT2D eigenvalue weighted by atomic mass is 10.1. The Balaban J connectivity index is 2.01. The number of nitrogens with zero attached hydrogens (tertiary/aromatic N) is 4. The molecule has 2 heterocycles. The molecule has 8 heteroatoms. The van der Waals surface area contributed by atoms with E-state index in [1.807, 2.05) is 0 Å². The minimum absolute atomic E-state index is 0.133. The molecule has 2 aromatic heterocycles. The number of rotatable bonds is 3. The van der Waals surface area contributed by atoms with Gasteiger partial charge >= 0.3 is 0 Å². The van der Waals surface area contributed by atoms with Crippen LogP contribution in [0, 0.1) is 11.2 Å². The second-order valence-electron chi connectivity index (χ2n) is 4.74. The van der Waals surface area contributed by atoms with Crippen molar-refractivity contribution in [2.45, 2.75) is 0 Å². The summed E-state index contributed by atoms with van der Waals surface area (Å²) in [5, 5.41) is 16.6. The van der Waals surface area contributed by atoms with Crippen LogP contribution in [0.5, 0.6) is 0 Å². The Hall–Kier alpha value is -3.42. The highest BCUT2D eigenvalue weighted by Gasteiger charge is 2.07. The smallest absolute Gasteiger partial charge is 0.151 e. The molecule has 0 saturated heterocycles. The van der Waals surface area contributed by atoms with E-state index in [1.54, 1.807) is 24.4 Å². The third-order valence-electron chi connectivity index (χ3n) is 3.15. The Labute approximate surface area is 130 Å². The summed E-state index contributed by atoms with van der Waals surface area (Å²) in [6.07, 6.45) is 2.97. The van der Waals surface area contributed by atoms with Gasteiger partial charge in [-0.15, -0.1) is 10.2 Å².